The van der Waals surface area contributed by atoms with Crippen LogP contribution < -0.4 is 4.90 Å². The first-order chi connectivity index (χ1) is 10.3. The van der Waals surface area contributed by atoms with Crippen LogP contribution >= 0.6 is 0 Å². The second-order valence-corrected chi connectivity index (χ2v) is 8.26. The Bertz CT molecular complexity index is 664. The first-order valence-corrected chi connectivity index (χ1v) is 9.30. The Kier molecular flexibility index (Phi) is 4.09. The maximum Gasteiger partial charge on any atom is 0.180 e. The van der Waals surface area contributed by atoms with E-state index in [0.29, 0.717) is 37.3 Å². The summed E-state index contributed by atoms with van der Waals surface area (Å²) in [6.07, 6.45) is 2.63. The molecule has 22 heavy (non-hydrogen) atoms. The molecule has 0 amide bonds. The fourth-order valence-electron chi connectivity index (χ4n) is 3.16. The zero-order valence-corrected chi connectivity index (χ0v) is 14.0. The smallest absolute Gasteiger partial charge is 0.180 e. The highest BCUT2D eigenvalue weighted by molar-refractivity contribution is 7.90. The van der Waals surface area contributed by atoms with Gasteiger partial charge in [-0.25, -0.2) is 18.4 Å². The van der Waals surface area contributed by atoms with E-state index in [0.717, 1.165) is 13.1 Å². The van der Waals surface area contributed by atoms with Gasteiger partial charge in [0.2, 0.25) is 0 Å². The third-order valence-corrected chi connectivity index (χ3v) is 5.39. The molecule has 0 spiro atoms. The number of likely N-dealkylation sites (N-methyl/N-ethyl adjacent to an activating group) is 1. The van der Waals surface area contributed by atoms with Crippen molar-refractivity contribution in [2.24, 2.45) is 5.92 Å². The highest BCUT2D eigenvalue weighted by Crippen LogP contribution is 2.27. The summed E-state index contributed by atoms with van der Waals surface area (Å²) in [5.74, 6) is 1.46. The average molecular weight is 326 g/mol. The molecular weight excluding hydrogens is 304 g/mol. The van der Waals surface area contributed by atoms with E-state index in [4.69, 9.17) is 4.74 Å². The molecular formula is C14H22N4O3S. The summed E-state index contributed by atoms with van der Waals surface area (Å²) >= 11 is 0. The normalized spacial score (nSPS) is 26.8. The molecule has 0 aliphatic carbocycles. The largest absolute Gasteiger partial charge is 0.379 e. The zero-order chi connectivity index (χ0) is 15.9. The van der Waals surface area contributed by atoms with Crippen molar-refractivity contribution in [2.75, 3.05) is 51.1 Å². The first kappa shape index (κ1) is 15.6. The molecule has 0 aromatic carbocycles. The fraction of sp³-hybridized carbons (Fsp3) is 0.714. The molecule has 2 atom stereocenters. The van der Waals surface area contributed by atoms with Gasteiger partial charge in [-0.05, 0) is 14.0 Å². The maximum atomic E-state index is 12.1. The Balaban J connectivity index is 2.02. The van der Waals surface area contributed by atoms with Gasteiger partial charge in [-0.3, -0.25) is 4.90 Å². The van der Waals surface area contributed by atoms with Gasteiger partial charge in [0.1, 0.15) is 10.7 Å². The monoisotopic (exact) mass is 326 g/mol. The van der Waals surface area contributed by atoms with Crippen molar-refractivity contribution in [2.45, 2.75) is 17.9 Å². The molecule has 0 radical (unpaired) electrons. The fourth-order valence-corrected chi connectivity index (χ4v) is 3.91. The van der Waals surface area contributed by atoms with Gasteiger partial charge in [0.05, 0.1) is 25.5 Å². The van der Waals surface area contributed by atoms with Crippen LogP contribution in [0, 0.1) is 12.8 Å². The van der Waals surface area contributed by atoms with E-state index in [9.17, 15) is 8.42 Å². The number of anilines is 1. The number of fused-ring (bicyclic) bond motifs is 3. The van der Waals surface area contributed by atoms with Gasteiger partial charge in [-0.15, -0.1) is 0 Å². The SMILES string of the molecule is Cc1ncc(S(C)(=O)=O)c(N2C[C@@H]3COC[C@H](C2)N(C)C3)n1. The van der Waals surface area contributed by atoms with Crippen LogP contribution in [-0.2, 0) is 14.6 Å². The van der Waals surface area contributed by atoms with Crippen LogP contribution in [-0.4, -0.2) is 75.5 Å². The molecule has 2 saturated heterocycles. The van der Waals surface area contributed by atoms with Crippen molar-refractivity contribution in [1.29, 1.82) is 0 Å². The molecule has 2 bridgehead atoms. The minimum Gasteiger partial charge on any atom is -0.379 e. The van der Waals surface area contributed by atoms with Crippen LogP contribution in [0.4, 0.5) is 5.82 Å². The summed E-state index contributed by atoms with van der Waals surface area (Å²) in [7, 11) is -1.26. The number of aryl methyl sites for hydroxylation is 1. The molecule has 2 aliphatic heterocycles. The van der Waals surface area contributed by atoms with Crippen molar-refractivity contribution < 1.29 is 13.2 Å². The van der Waals surface area contributed by atoms with Gasteiger partial charge in [-0.2, -0.15) is 0 Å². The number of ether oxygens (including phenoxy) is 1. The van der Waals surface area contributed by atoms with E-state index in [1.165, 1.54) is 12.5 Å². The van der Waals surface area contributed by atoms with Gasteiger partial charge in [0, 0.05) is 31.8 Å². The predicted molar refractivity (Wildman–Crippen MR) is 82.8 cm³/mol. The summed E-state index contributed by atoms with van der Waals surface area (Å²) in [6, 6.07) is 0.246. The summed E-state index contributed by atoms with van der Waals surface area (Å²) in [6.45, 7) is 5.58. The Morgan fingerprint density at radius 2 is 2.05 bits per heavy atom. The second-order valence-electron chi connectivity index (χ2n) is 6.28. The van der Waals surface area contributed by atoms with Crippen molar-refractivity contribution in [3.8, 4) is 0 Å². The van der Waals surface area contributed by atoms with Crippen molar-refractivity contribution >= 4 is 15.7 Å². The van der Waals surface area contributed by atoms with Gasteiger partial charge in [0.15, 0.2) is 15.7 Å². The van der Waals surface area contributed by atoms with Gasteiger partial charge in [-0.1, -0.05) is 0 Å². The number of hydrogen-bond acceptors (Lipinski definition) is 7. The lowest BCUT2D eigenvalue weighted by atomic mass is 10.1. The molecule has 2 aliphatic rings. The number of sulfone groups is 1. The summed E-state index contributed by atoms with van der Waals surface area (Å²) in [5, 5.41) is 0. The first-order valence-electron chi connectivity index (χ1n) is 7.41. The summed E-state index contributed by atoms with van der Waals surface area (Å²) in [4.78, 5) is 13.1. The standard InChI is InChI=1S/C14H22N4O3S/c1-10-15-4-13(22(3,19)20)14(16-10)18-6-11-5-17(2)12(7-18)9-21-8-11/h4,11-12H,5-9H2,1-3H3/t11-,12+/m1/s1. The maximum absolute atomic E-state index is 12.1. The van der Waals surface area contributed by atoms with Gasteiger partial charge >= 0.3 is 0 Å². The second kappa shape index (κ2) is 5.75. The molecule has 122 valence electrons. The summed E-state index contributed by atoms with van der Waals surface area (Å²) < 4.78 is 29.8. The molecule has 8 heteroatoms. The molecule has 0 saturated carbocycles. The van der Waals surface area contributed by atoms with Crippen LogP contribution in [0.1, 0.15) is 5.82 Å². The molecule has 1 aromatic rings. The van der Waals surface area contributed by atoms with Crippen LogP contribution in [0.5, 0.6) is 0 Å². The van der Waals surface area contributed by atoms with Crippen molar-refractivity contribution in [1.82, 2.24) is 14.9 Å². The lowest BCUT2D eigenvalue weighted by molar-refractivity contribution is 0.0929. The minimum atomic E-state index is -3.36. The third-order valence-electron chi connectivity index (χ3n) is 4.30. The zero-order valence-electron chi connectivity index (χ0n) is 13.2. The number of rotatable bonds is 2. The molecule has 2 fully saturated rings. The van der Waals surface area contributed by atoms with Crippen LogP contribution in [0.2, 0.25) is 0 Å². The van der Waals surface area contributed by atoms with Gasteiger partial charge < -0.3 is 9.64 Å². The quantitative estimate of drug-likeness (QED) is 0.754. The average Bonchev–Trinajstić information content (AvgIpc) is 2.65. The van der Waals surface area contributed by atoms with Crippen LogP contribution in [0.3, 0.4) is 0 Å². The molecule has 0 unspecified atom stereocenters. The number of nitrogens with zero attached hydrogens (tertiary/aromatic N) is 4. The number of hydrogen-bond donors (Lipinski definition) is 0. The summed E-state index contributed by atoms with van der Waals surface area (Å²) in [5.41, 5.74) is 0. The lowest BCUT2D eigenvalue weighted by Crippen LogP contribution is -2.43. The predicted octanol–water partition coefficient (Wildman–Crippen LogP) is -0.0447. The Morgan fingerprint density at radius 3 is 2.77 bits per heavy atom. The van der Waals surface area contributed by atoms with Crippen LogP contribution in [0.15, 0.2) is 11.1 Å². The molecule has 3 rings (SSSR count). The minimum absolute atomic E-state index is 0.210. The molecule has 3 heterocycles. The van der Waals surface area contributed by atoms with Crippen LogP contribution in [0.25, 0.3) is 0 Å². The molecule has 7 nitrogen and oxygen atoms in total. The topological polar surface area (TPSA) is 75.6 Å². The van der Waals surface area contributed by atoms with E-state index in [2.05, 4.69) is 26.8 Å². The number of aromatic nitrogens is 2. The van der Waals surface area contributed by atoms with E-state index in [1.807, 2.05) is 0 Å². The van der Waals surface area contributed by atoms with Crippen molar-refractivity contribution in [3.63, 3.8) is 0 Å². The van der Waals surface area contributed by atoms with Gasteiger partial charge in [0.25, 0.3) is 0 Å². The Hall–Kier alpha value is -1.25. The van der Waals surface area contributed by atoms with E-state index in [-0.39, 0.29) is 10.9 Å². The Labute approximate surface area is 131 Å². The third kappa shape index (κ3) is 3.09. The molecule has 0 N–H and O–H groups in total. The highest BCUT2D eigenvalue weighted by Gasteiger charge is 2.33. The van der Waals surface area contributed by atoms with E-state index >= 15 is 0 Å². The lowest BCUT2D eigenvalue weighted by Gasteiger charge is -2.31. The van der Waals surface area contributed by atoms with E-state index in [1.54, 1.807) is 6.92 Å². The van der Waals surface area contributed by atoms with E-state index < -0.39 is 9.84 Å². The molecule has 1 aromatic heterocycles. The highest BCUT2D eigenvalue weighted by atomic mass is 32.2. The van der Waals surface area contributed by atoms with Crippen molar-refractivity contribution in [3.05, 3.63) is 12.0 Å². The Morgan fingerprint density at radius 1 is 1.27 bits per heavy atom.